The molecule has 0 saturated heterocycles. The minimum Gasteiger partial charge on any atom is -0.393 e. The number of aliphatic hydroxyl groups is 1. The van der Waals surface area contributed by atoms with E-state index in [1.54, 1.807) is 0 Å². The second-order valence-electron chi connectivity index (χ2n) is 2.02. The lowest BCUT2D eigenvalue weighted by Gasteiger charge is -2.25. The third kappa shape index (κ3) is 0.800. The number of rotatable bonds is 1. The molecular weight excluding hydrogens is 92.1 g/mol. The van der Waals surface area contributed by atoms with Crippen molar-refractivity contribution in [3.05, 3.63) is 0 Å². The van der Waals surface area contributed by atoms with Gasteiger partial charge in [-0.05, 0) is 12.8 Å². The zero-order valence-electron chi connectivity index (χ0n) is 4.00. The summed E-state index contributed by atoms with van der Waals surface area (Å²) in [6.07, 6.45) is 2.09. The Morgan fingerprint density at radius 3 is 2.29 bits per heavy atom. The first-order valence-electron chi connectivity index (χ1n) is 2.46. The first kappa shape index (κ1) is 4.78. The standard InChI is InChI=1S/C5H8O2/c6-3-4-1-5(7)2-4/h3-5,7H,1-2H2. The topological polar surface area (TPSA) is 37.3 Å². The summed E-state index contributed by atoms with van der Waals surface area (Å²) in [4.78, 5) is 9.82. The van der Waals surface area contributed by atoms with Gasteiger partial charge in [0.1, 0.15) is 6.29 Å². The number of carbonyl (C=O) groups excluding carboxylic acids is 1. The van der Waals surface area contributed by atoms with Crippen molar-refractivity contribution >= 4 is 6.29 Å². The predicted octanol–water partition coefficient (Wildman–Crippen LogP) is -0.0438. The SMILES string of the molecule is O=CC1CC(O)C1. The van der Waals surface area contributed by atoms with Crippen LogP contribution in [0.5, 0.6) is 0 Å². The maximum absolute atomic E-state index is 9.82. The second kappa shape index (κ2) is 1.62. The fourth-order valence-electron chi connectivity index (χ4n) is 0.741. The molecule has 0 radical (unpaired) electrons. The third-order valence-corrected chi connectivity index (χ3v) is 1.34. The van der Waals surface area contributed by atoms with Crippen molar-refractivity contribution in [3.63, 3.8) is 0 Å². The van der Waals surface area contributed by atoms with Crippen molar-refractivity contribution < 1.29 is 9.90 Å². The highest BCUT2D eigenvalue weighted by Gasteiger charge is 2.25. The van der Waals surface area contributed by atoms with Crippen molar-refractivity contribution in [1.29, 1.82) is 0 Å². The number of hydrogen-bond acceptors (Lipinski definition) is 2. The molecule has 40 valence electrons. The molecule has 1 aliphatic carbocycles. The van der Waals surface area contributed by atoms with Gasteiger partial charge in [0.05, 0.1) is 6.10 Å². The van der Waals surface area contributed by atoms with Gasteiger partial charge < -0.3 is 9.90 Å². The molecule has 1 N–H and O–H groups in total. The zero-order chi connectivity index (χ0) is 5.28. The summed E-state index contributed by atoms with van der Waals surface area (Å²) in [6, 6.07) is 0. The fraction of sp³-hybridized carbons (Fsp3) is 0.800. The number of carbonyl (C=O) groups is 1. The quantitative estimate of drug-likeness (QED) is 0.469. The number of hydrogen-bond donors (Lipinski definition) is 1. The molecule has 2 heteroatoms. The van der Waals surface area contributed by atoms with Crippen LogP contribution in [0.1, 0.15) is 12.8 Å². The molecule has 1 fully saturated rings. The molecule has 0 unspecified atom stereocenters. The molecule has 0 spiro atoms. The van der Waals surface area contributed by atoms with Crippen LogP contribution in [0.3, 0.4) is 0 Å². The Bertz CT molecular complexity index is 74.1. The Hall–Kier alpha value is -0.370. The Labute approximate surface area is 42.1 Å². The lowest BCUT2D eigenvalue weighted by atomic mass is 9.84. The Morgan fingerprint density at radius 2 is 2.14 bits per heavy atom. The maximum Gasteiger partial charge on any atom is 0.123 e. The molecule has 7 heavy (non-hydrogen) atoms. The van der Waals surface area contributed by atoms with Crippen molar-refractivity contribution in [2.75, 3.05) is 0 Å². The molecule has 1 rings (SSSR count). The monoisotopic (exact) mass is 100 g/mol. The maximum atomic E-state index is 9.82. The van der Waals surface area contributed by atoms with Crippen molar-refractivity contribution in [3.8, 4) is 0 Å². The second-order valence-corrected chi connectivity index (χ2v) is 2.02. The summed E-state index contributed by atoms with van der Waals surface area (Å²) in [5, 5.41) is 8.59. The first-order valence-corrected chi connectivity index (χ1v) is 2.46. The van der Waals surface area contributed by atoms with E-state index in [-0.39, 0.29) is 12.0 Å². The van der Waals surface area contributed by atoms with Crippen LogP contribution in [0.2, 0.25) is 0 Å². The molecule has 1 aliphatic rings. The van der Waals surface area contributed by atoms with E-state index in [0.29, 0.717) is 12.8 Å². The molecule has 0 heterocycles. The van der Waals surface area contributed by atoms with E-state index in [0.717, 1.165) is 6.29 Å². The zero-order valence-corrected chi connectivity index (χ0v) is 4.00. The smallest absolute Gasteiger partial charge is 0.123 e. The summed E-state index contributed by atoms with van der Waals surface area (Å²) >= 11 is 0. The Balaban J connectivity index is 2.17. The van der Waals surface area contributed by atoms with Crippen molar-refractivity contribution in [2.45, 2.75) is 18.9 Å². The van der Waals surface area contributed by atoms with E-state index in [2.05, 4.69) is 0 Å². The van der Waals surface area contributed by atoms with E-state index < -0.39 is 0 Å². The van der Waals surface area contributed by atoms with Gasteiger partial charge in [-0.15, -0.1) is 0 Å². The summed E-state index contributed by atoms with van der Waals surface area (Å²) < 4.78 is 0. The largest absolute Gasteiger partial charge is 0.393 e. The molecule has 1 saturated carbocycles. The predicted molar refractivity (Wildman–Crippen MR) is 24.8 cm³/mol. The molecule has 0 aromatic rings. The van der Waals surface area contributed by atoms with Crippen LogP contribution in [-0.4, -0.2) is 17.5 Å². The van der Waals surface area contributed by atoms with Crippen LogP contribution in [-0.2, 0) is 4.79 Å². The van der Waals surface area contributed by atoms with Crippen LogP contribution in [0.4, 0.5) is 0 Å². The molecule has 0 amide bonds. The van der Waals surface area contributed by atoms with Gasteiger partial charge in [-0.3, -0.25) is 0 Å². The summed E-state index contributed by atoms with van der Waals surface area (Å²) in [6.45, 7) is 0. The summed E-state index contributed by atoms with van der Waals surface area (Å²) in [5.41, 5.74) is 0. The van der Waals surface area contributed by atoms with E-state index in [9.17, 15) is 4.79 Å². The molecule has 0 atom stereocenters. The Morgan fingerprint density at radius 1 is 1.57 bits per heavy atom. The van der Waals surface area contributed by atoms with E-state index in [1.807, 2.05) is 0 Å². The molecule has 0 aromatic carbocycles. The fourth-order valence-corrected chi connectivity index (χ4v) is 0.741. The average Bonchev–Trinajstić information content (AvgIpc) is 1.58. The van der Waals surface area contributed by atoms with Crippen molar-refractivity contribution in [1.82, 2.24) is 0 Å². The molecule has 0 aliphatic heterocycles. The van der Waals surface area contributed by atoms with Crippen LogP contribution in [0, 0.1) is 5.92 Å². The van der Waals surface area contributed by atoms with Crippen LogP contribution in [0.15, 0.2) is 0 Å². The lowest BCUT2D eigenvalue weighted by molar-refractivity contribution is -0.116. The molecule has 0 bridgehead atoms. The minimum atomic E-state index is -0.185. The van der Waals surface area contributed by atoms with E-state index in [4.69, 9.17) is 5.11 Å². The third-order valence-electron chi connectivity index (χ3n) is 1.34. The molecule has 0 aromatic heterocycles. The summed E-state index contributed by atoms with van der Waals surface area (Å²) in [5.74, 6) is 0.162. The van der Waals surface area contributed by atoms with Gasteiger partial charge in [-0.1, -0.05) is 0 Å². The van der Waals surface area contributed by atoms with Crippen LogP contribution < -0.4 is 0 Å². The van der Waals surface area contributed by atoms with Crippen LogP contribution in [0.25, 0.3) is 0 Å². The van der Waals surface area contributed by atoms with Gasteiger partial charge in [-0.2, -0.15) is 0 Å². The Kier molecular flexibility index (Phi) is 1.11. The van der Waals surface area contributed by atoms with E-state index in [1.165, 1.54) is 0 Å². The lowest BCUT2D eigenvalue weighted by Crippen LogP contribution is -2.28. The first-order chi connectivity index (χ1) is 3.33. The number of aldehydes is 1. The van der Waals surface area contributed by atoms with E-state index >= 15 is 0 Å². The van der Waals surface area contributed by atoms with Gasteiger partial charge in [0, 0.05) is 5.92 Å². The summed E-state index contributed by atoms with van der Waals surface area (Å²) in [7, 11) is 0. The van der Waals surface area contributed by atoms with Gasteiger partial charge in [0.15, 0.2) is 0 Å². The van der Waals surface area contributed by atoms with Gasteiger partial charge in [-0.25, -0.2) is 0 Å². The molecular formula is C5H8O2. The van der Waals surface area contributed by atoms with Crippen LogP contribution >= 0.6 is 0 Å². The number of aliphatic hydroxyl groups excluding tert-OH is 1. The van der Waals surface area contributed by atoms with Gasteiger partial charge >= 0.3 is 0 Å². The highest BCUT2D eigenvalue weighted by atomic mass is 16.3. The minimum absolute atomic E-state index is 0.162. The highest BCUT2D eigenvalue weighted by Crippen LogP contribution is 2.24. The van der Waals surface area contributed by atoms with Crippen molar-refractivity contribution in [2.24, 2.45) is 5.92 Å². The highest BCUT2D eigenvalue weighted by molar-refractivity contribution is 5.55. The van der Waals surface area contributed by atoms with Gasteiger partial charge in [0.2, 0.25) is 0 Å². The van der Waals surface area contributed by atoms with Gasteiger partial charge in [0.25, 0.3) is 0 Å². The molecule has 2 nitrogen and oxygen atoms in total. The average molecular weight is 100 g/mol. The normalized spacial score (nSPS) is 39.6.